The van der Waals surface area contributed by atoms with Gasteiger partial charge in [-0.2, -0.15) is 0 Å². The molecule has 1 amide bonds. The molecule has 2 heterocycles. The minimum atomic E-state index is -0.318. The fraction of sp³-hybridized carbons (Fsp3) is 0.409. The maximum Gasteiger partial charge on any atom is 0.251 e. The molecule has 0 bridgehead atoms. The highest BCUT2D eigenvalue weighted by Gasteiger charge is 2.34. The molecule has 0 saturated heterocycles. The molecule has 1 aromatic heterocycles. The smallest absolute Gasteiger partial charge is 0.251 e. The lowest BCUT2D eigenvalue weighted by Gasteiger charge is -2.19. The van der Waals surface area contributed by atoms with Crippen LogP contribution in [0.15, 0.2) is 41.5 Å². The third-order valence-electron chi connectivity index (χ3n) is 5.30. The second-order valence-electron chi connectivity index (χ2n) is 7.64. The quantitative estimate of drug-likeness (QED) is 0.803. The number of hydrogen-bond acceptors (Lipinski definition) is 4. The van der Waals surface area contributed by atoms with Crippen molar-refractivity contribution in [3.63, 3.8) is 0 Å². The van der Waals surface area contributed by atoms with E-state index in [1.165, 1.54) is 12.1 Å². The third kappa shape index (κ3) is 4.38. The summed E-state index contributed by atoms with van der Waals surface area (Å²) in [4.78, 5) is 21.7. The molecular weight excluding hydrogens is 355 g/mol. The monoisotopic (exact) mass is 380 g/mol. The SMILES string of the molecule is Cc1ccnc(C(NC(=O)c2ccc(F)c(CNC3=NCCC3)c2)C2CC2)c1. The van der Waals surface area contributed by atoms with E-state index in [1.807, 2.05) is 19.1 Å². The van der Waals surface area contributed by atoms with E-state index in [2.05, 4.69) is 20.6 Å². The van der Waals surface area contributed by atoms with E-state index < -0.39 is 0 Å². The van der Waals surface area contributed by atoms with Crippen molar-refractivity contribution in [1.82, 2.24) is 15.6 Å². The Hall–Kier alpha value is -2.76. The van der Waals surface area contributed by atoms with Crippen LogP contribution in [0.4, 0.5) is 4.39 Å². The Balaban J connectivity index is 1.48. The molecule has 28 heavy (non-hydrogen) atoms. The summed E-state index contributed by atoms with van der Waals surface area (Å²) >= 11 is 0. The number of nitrogens with zero attached hydrogens (tertiary/aromatic N) is 2. The summed E-state index contributed by atoms with van der Waals surface area (Å²) in [6.45, 7) is 3.17. The zero-order chi connectivity index (χ0) is 19.5. The average molecular weight is 380 g/mol. The molecule has 146 valence electrons. The molecule has 1 fully saturated rings. The predicted molar refractivity (Wildman–Crippen MR) is 107 cm³/mol. The van der Waals surface area contributed by atoms with Crippen molar-refractivity contribution < 1.29 is 9.18 Å². The number of halogens is 1. The minimum absolute atomic E-state index is 0.105. The van der Waals surface area contributed by atoms with Gasteiger partial charge in [0.1, 0.15) is 5.82 Å². The predicted octanol–water partition coefficient (Wildman–Crippen LogP) is 3.69. The summed E-state index contributed by atoms with van der Waals surface area (Å²) in [5.41, 5.74) is 2.94. The molecule has 1 unspecified atom stereocenters. The summed E-state index contributed by atoms with van der Waals surface area (Å²) in [7, 11) is 0. The van der Waals surface area contributed by atoms with Gasteiger partial charge in [0.2, 0.25) is 0 Å². The van der Waals surface area contributed by atoms with Gasteiger partial charge in [-0.05, 0) is 68.0 Å². The molecule has 6 heteroatoms. The summed E-state index contributed by atoms with van der Waals surface area (Å²) in [6, 6.07) is 8.39. The van der Waals surface area contributed by atoms with Crippen LogP contribution in [0.1, 0.15) is 58.9 Å². The summed E-state index contributed by atoms with van der Waals surface area (Å²) in [6.07, 6.45) is 5.87. The number of carbonyl (C=O) groups is 1. The minimum Gasteiger partial charge on any atom is -0.370 e. The highest BCUT2D eigenvalue weighted by molar-refractivity contribution is 5.94. The van der Waals surface area contributed by atoms with Gasteiger partial charge in [0.15, 0.2) is 0 Å². The fourth-order valence-corrected chi connectivity index (χ4v) is 3.55. The van der Waals surface area contributed by atoms with Crippen LogP contribution in [0.2, 0.25) is 0 Å². The molecule has 0 spiro atoms. The molecule has 1 aromatic carbocycles. The molecule has 1 saturated carbocycles. The van der Waals surface area contributed by atoms with Crippen molar-refractivity contribution in [3.8, 4) is 0 Å². The maximum atomic E-state index is 14.2. The van der Waals surface area contributed by atoms with Crippen LogP contribution in [0.5, 0.6) is 0 Å². The van der Waals surface area contributed by atoms with E-state index >= 15 is 0 Å². The van der Waals surface area contributed by atoms with Crippen LogP contribution < -0.4 is 10.6 Å². The molecule has 4 rings (SSSR count). The lowest BCUT2D eigenvalue weighted by Crippen LogP contribution is -2.31. The average Bonchev–Trinajstić information content (AvgIpc) is 3.40. The van der Waals surface area contributed by atoms with Gasteiger partial charge < -0.3 is 10.6 Å². The number of amidine groups is 1. The molecule has 1 aliphatic heterocycles. The first-order valence-electron chi connectivity index (χ1n) is 9.89. The molecule has 2 aliphatic rings. The van der Waals surface area contributed by atoms with Crippen LogP contribution in [-0.2, 0) is 6.54 Å². The zero-order valence-electron chi connectivity index (χ0n) is 16.0. The number of aliphatic imine (C=N–C) groups is 1. The summed E-state index contributed by atoms with van der Waals surface area (Å²) in [5, 5.41) is 6.29. The number of nitrogens with one attached hydrogen (secondary N) is 2. The van der Waals surface area contributed by atoms with Crippen LogP contribution in [-0.4, -0.2) is 23.3 Å². The largest absolute Gasteiger partial charge is 0.370 e. The number of amides is 1. The first kappa shape index (κ1) is 18.6. The van der Waals surface area contributed by atoms with Crippen molar-refractivity contribution in [2.45, 2.75) is 45.2 Å². The molecule has 1 atom stereocenters. The van der Waals surface area contributed by atoms with Crippen molar-refractivity contribution in [3.05, 3.63) is 64.7 Å². The van der Waals surface area contributed by atoms with Crippen LogP contribution in [0.25, 0.3) is 0 Å². The van der Waals surface area contributed by atoms with Crippen molar-refractivity contribution in [2.75, 3.05) is 6.54 Å². The van der Waals surface area contributed by atoms with Gasteiger partial charge in [-0.15, -0.1) is 0 Å². The topological polar surface area (TPSA) is 66.4 Å². The van der Waals surface area contributed by atoms with Gasteiger partial charge in [0.05, 0.1) is 17.6 Å². The molecular formula is C22H25FN4O. The van der Waals surface area contributed by atoms with E-state index in [0.29, 0.717) is 23.6 Å². The summed E-state index contributed by atoms with van der Waals surface area (Å²) < 4.78 is 14.2. The van der Waals surface area contributed by atoms with E-state index in [0.717, 1.165) is 49.3 Å². The molecule has 0 radical (unpaired) electrons. The number of aromatic nitrogens is 1. The van der Waals surface area contributed by atoms with Crippen LogP contribution in [0.3, 0.4) is 0 Å². The lowest BCUT2D eigenvalue weighted by atomic mass is 10.0. The lowest BCUT2D eigenvalue weighted by molar-refractivity contribution is 0.0930. The normalized spacial score (nSPS) is 17.1. The first-order valence-corrected chi connectivity index (χ1v) is 9.89. The molecule has 5 nitrogen and oxygen atoms in total. The first-order chi connectivity index (χ1) is 13.6. The highest BCUT2D eigenvalue weighted by atomic mass is 19.1. The number of carbonyl (C=O) groups excluding carboxylic acids is 1. The number of benzene rings is 1. The Morgan fingerprint density at radius 1 is 1.29 bits per heavy atom. The Labute approximate surface area is 164 Å². The van der Waals surface area contributed by atoms with Gasteiger partial charge in [-0.3, -0.25) is 14.8 Å². The van der Waals surface area contributed by atoms with Gasteiger partial charge in [0.25, 0.3) is 5.91 Å². The molecule has 2 aromatic rings. The van der Waals surface area contributed by atoms with E-state index in [4.69, 9.17) is 0 Å². The number of pyridine rings is 1. The second-order valence-corrected chi connectivity index (χ2v) is 7.64. The Morgan fingerprint density at radius 3 is 2.86 bits per heavy atom. The van der Waals surface area contributed by atoms with Crippen LogP contribution in [0, 0.1) is 18.7 Å². The van der Waals surface area contributed by atoms with Gasteiger partial charge >= 0.3 is 0 Å². The van der Waals surface area contributed by atoms with Crippen LogP contribution >= 0.6 is 0 Å². The van der Waals surface area contributed by atoms with E-state index in [-0.39, 0.29) is 17.8 Å². The standard InChI is InChI=1S/C22H25FN4O/c1-14-8-10-24-19(11-14)21(15-4-5-15)27-22(28)16-6-7-18(23)17(12-16)13-26-20-3-2-9-25-20/h6-8,10-12,15,21H,2-5,9,13H2,1H3,(H,25,26)(H,27,28). The van der Waals surface area contributed by atoms with E-state index in [9.17, 15) is 9.18 Å². The van der Waals surface area contributed by atoms with Gasteiger partial charge in [-0.1, -0.05) is 0 Å². The molecule has 1 aliphatic carbocycles. The second kappa shape index (κ2) is 8.09. The van der Waals surface area contributed by atoms with Crippen molar-refractivity contribution >= 4 is 11.7 Å². The number of aryl methyl sites for hydroxylation is 1. The Morgan fingerprint density at radius 2 is 2.14 bits per heavy atom. The maximum absolute atomic E-state index is 14.2. The molecule has 2 N–H and O–H groups in total. The number of hydrogen-bond donors (Lipinski definition) is 2. The van der Waals surface area contributed by atoms with Crippen molar-refractivity contribution in [2.24, 2.45) is 10.9 Å². The highest BCUT2D eigenvalue weighted by Crippen LogP contribution is 2.40. The summed E-state index contributed by atoms with van der Waals surface area (Å²) in [5.74, 6) is 0.815. The number of rotatable bonds is 6. The van der Waals surface area contributed by atoms with Gasteiger partial charge in [0, 0.05) is 36.8 Å². The Kier molecular flexibility index (Phi) is 5.37. The zero-order valence-corrected chi connectivity index (χ0v) is 16.0. The van der Waals surface area contributed by atoms with E-state index in [1.54, 1.807) is 12.3 Å². The Bertz CT molecular complexity index is 907. The third-order valence-corrected chi connectivity index (χ3v) is 5.30. The fourth-order valence-electron chi connectivity index (χ4n) is 3.55. The van der Waals surface area contributed by atoms with Gasteiger partial charge in [-0.25, -0.2) is 4.39 Å². The van der Waals surface area contributed by atoms with Crippen molar-refractivity contribution in [1.29, 1.82) is 0 Å².